The Hall–Kier alpha value is -1.30. The van der Waals surface area contributed by atoms with Crippen LogP contribution in [0.3, 0.4) is 0 Å². The number of rotatable bonds is 0. The Kier molecular flexibility index (Phi) is 1.66. The van der Waals surface area contributed by atoms with Gasteiger partial charge in [0.25, 0.3) is 6.36 Å². The molecule has 0 saturated carbocycles. The molecule has 2 rings (SSSR count). The Morgan fingerprint density at radius 1 is 1.15 bits per heavy atom. The second kappa shape index (κ2) is 2.59. The summed E-state index contributed by atoms with van der Waals surface area (Å²) in [6, 6.07) is 0.521. The highest BCUT2D eigenvalue weighted by Gasteiger charge is 2.33. The lowest BCUT2D eigenvalue weighted by molar-refractivity contribution is -0.261. The Bertz CT molecular complexity index is 366. The van der Waals surface area contributed by atoms with Crippen LogP contribution >= 0.6 is 0 Å². The maximum atomic E-state index is 12.8. The maximum Gasteiger partial charge on any atom is 0.274 e. The monoisotopic (exact) mass is 194 g/mol. The van der Waals surface area contributed by atoms with Crippen molar-refractivity contribution in [3.8, 4) is 5.75 Å². The topological polar surface area (TPSA) is 18.5 Å². The van der Waals surface area contributed by atoms with Crippen LogP contribution in [0, 0.1) is 17.5 Å². The van der Waals surface area contributed by atoms with Gasteiger partial charge in [-0.2, -0.15) is 0 Å². The van der Waals surface area contributed by atoms with Gasteiger partial charge in [0.1, 0.15) is 5.56 Å². The van der Waals surface area contributed by atoms with Crippen LogP contribution in [0.25, 0.3) is 0 Å². The van der Waals surface area contributed by atoms with Gasteiger partial charge in [-0.15, -0.1) is 4.89 Å². The van der Waals surface area contributed by atoms with Crippen molar-refractivity contribution in [2.75, 3.05) is 0 Å². The molecule has 1 aromatic carbocycles. The molecule has 0 fully saturated rings. The first-order valence-corrected chi connectivity index (χ1v) is 3.26. The molecule has 6 heteroatoms. The summed E-state index contributed by atoms with van der Waals surface area (Å²) in [4.78, 5) is 7.98. The van der Waals surface area contributed by atoms with Crippen molar-refractivity contribution in [2.24, 2.45) is 0 Å². The van der Waals surface area contributed by atoms with Crippen LogP contribution < -0.4 is 4.89 Å². The lowest BCUT2D eigenvalue weighted by atomic mass is 10.2. The first kappa shape index (κ1) is 8.31. The molecule has 0 amide bonds. The normalized spacial score (nSPS) is 19.8. The molecule has 0 spiro atoms. The van der Waals surface area contributed by atoms with E-state index in [9.17, 15) is 17.6 Å². The zero-order chi connectivity index (χ0) is 9.59. The standard InChI is InChI=1S/C7H2F4O2/c8-2-1-3-4(6(10)5(2)9)7(11)13-12-3/h1,7H. The van der Waals surface area contributed by atoms with E-state index in [1.54, 1.807) is 0 Å². The third-order valence-electron chi connectivity index (χ3n) is 1.61. The fraction of sp³-hybridized carbons (Fsp3) is 0.143. The highest BCUT2D eigenvalue weighted by atomic mass is 19.2. The van der Waals surface area contributed by atoms with Gasteiger partial charge in [0.2, 0.25) is 0 Å². The largest absolute Gasteiger partial charge is 0.333 e. The first-order chi connectivity index (χ1) is 6.11. The summed E-state index contributed by atoms with van der Waals surface area (Å²) in [5, 5.41) is 0. The molecule has 1 aliphatic rings. The molecule has 1 aliphatic heterocycles. The van der Waals surface area contributed by atoms with Crippen molar-refractivity contribution in [2.45, 2.75) is 6.36 Å². The molecule has 0 N–H and O–H groups in total. The van der Waals surface area contributed by atoms with Crippen molar-refractivity contribution in [3.05, 3.63) is 29.1 Å². The summed E-state index contributed by atoms with van der Waals surface area (Å²) in [7, 11) is 0. The predicted octanol–water partition coefficient (Wildman–Crippen LogP) is 2.40. The molecule has 0 aromatic heterocycles. The summed E-state index contributed by atoms with van der Waals surface area (Å²) in [6.45, 7) is 0. The molecule has 1 heterocycles. The molecule has 0 saturated heterocycles. The van der Waals surface area contributed by atoms with Crippen molar-refractivity contribution in [1.29, 1.82) is 0 Å². The van der Waals surface area contributed by atoms with E-state index in [-0.39, 0.29) is 0 Å². The molecule has 0 aliphatic carbocycles. The average molecular weight is 194 g/mol. The number of hydrogen-bond acceptors (Lipinski definition) is 2. The smallest absolute Gasteiger partial charge is 0.274 e. The number of benzene rings is 1. The fourth-order valence-electron chi connectivity index (χ4n) is 1.01. The van der Waals surface area contributed by atoms with E-state index in [4.69, 9.17) is 0 Å². The zero-order valence-electron chi connectivity index (χ0n) is 5.98. The van der Waals surface area contributed by atoms with Gasteiger partial charge in [0.15, 0.2) is 23.2 Å². The summed E-state index contributed by atoms with van der Waals surface area (Å²) in [5.41, 5.74) is -0.751. The third kappa shape index (κ3) is 1.06. The van der Waals surface area contributed by atoms with Crippen LogP contribution in [-0.4, -0.2) is 0 Å². The van der Waals surface area contributed by atoms with E-state index in [0.717, 1.165) is 0 Å². The lowest BCUT2D eigenvalue weighted by Crippen LogP contribution is -1.96. The van der Waals surface area contributed by atoms with Gasteiger partial charge in [0.05, 0.1) is 0 Å². The quantitative estimate of drug-likeness (QED) is 0.358. The molecule has 13 heavy (non-hydrogen) atoms. The van der Waals surface area contributed by atoms with Gasteiger partial charge in [-0.1, -0.05) is 0 Å². The number of fused-ring (bicyclic) bond motifs is 1. The van der Waals surface area contributed by atoms with Gasteiger partial charge in [-0.25, -0.2) is 17.6 Å². The van der Waals surface area contributed by atoms with Crippen molar-refractivity contribution in [1.82, 2.24) is 0 Å². The van der Waals surface area contributed by atoms with Crippen LogP contribution in [-0.2, 0) is 4.89 Å². The Balaban J connectivity index is 2.68. The Labute approximate surface area is 69.6 Å². The maximum absolute atomic E-state index is 12.8. The van der Waals surface area contributed by atoms with Gasteiger partial charge >= 0.3 is 0 Å². The molecule has 70 valence electrons. The summed E-state index contributed by atoms with van der Waals surface area (Å²) >= 11 is 0. The third-order valence-corrected chi connectivity index (χ3v) is 1.61. The van der Waals surface area contributed by atoms with E-state index < -0.39 is 35.1 Å². The van der Waals surface area contributed by atoms with Crippen molar-refractivity contribution in [3.63, 3.8) is 0 Å². The van der Waals surface area contributed by atoms with Gasteiger partial charge < -0.3 is 4.89 Å². The Morgan fingerprint density at radius 2 is 1.85 bits per heavy atom. The molecule has 0 radical (unpaired) electrons. The van der Waals surface area contributed by atoms with Crippen LogP contribution in [0.1, 0.15) is 11.9 Å². The summed E-state index contributed by atoms with van der Waals surface area (Å²) in [5.74, 6) is -5.30. The minimum atomic E-state index is -2.22. The van der Waals surface area contributed by atoms with E-state index >= 15 is 0 Å². The van der Waals surface area contributed by atoms with Crippen LogP contribution in [0.15, 0.2) is 6.07 Å². The number of alkyl halides is 1. The molecular formula is C7H2F4O2. The second-order valence-corrected chi connectivity index (χ2v) is 2.39. The molecule has 1 unspecified atom stereocenters. The van der Waals surface area contributed by atoms with Gasteiger partial charge in [-0.3, -0.25) is 0 Å². The zero-order valence-corrected chi connectivity index (χ0v) is 5.98. The minimum Gasteiger partial charge on any atom is -0.333 e. The SMILES string of the molecule is Fc1cc2c(c(F)c1F)C(F)OO2. The van der Waals surface area contributed by atoms with Crippen molar-refractivity contribution >= 4 is 0 Å². The van der Waals surface area contributed by atoms with Crippen LogP contribution in [0.5, 0.6) is 5.75 Å². The van der Waals surface area contributed by atoms with E-state index in [1.165, 1.54) is 0 Å². The Morgan fingerprint density at radius 3 is 2.54 bits per heavy atom. The average Bonchev–Trinajstić information content (AvgIpc) is 2.43. The van der Waals surface area contributed by atoms with E-state index in [0.29, 0.717) is 6.07 Å². The van der Waals surface area contributed by atoms with E-state index in [1.807, 2.05) is 0 Å². The fourth-order valence-corrected chi connectivity index (χ4v) is 1.01. The highest BCUT2D eigenvalue weighted by molar-refractivity contribution is 5.38. The van der Waals surface area contributed by atoms with Crippen molar-refractivity contribution < 1.29 is 27.3 Å². The van der Waals surface area contributed by atoms with Gasteiger partial charge in [0, 0.05) is 6.07 Å². The van der Waals surface area contributed by atoms with Gasteiger partial charge in [-0.05, 0) is 0 Å². The summed E-state index contributed by atoms with van der Waals surface area (Å²) < 4.78 is 50.4. The molecule has 2 nitrogen and oxygen atoms in total. The second-order valence-electron chi connectivity index (χ2n) is 2.39. The molecule has 0 bridgehead atoms. The van der Waals surface area contributed by atoms with Crippen LogP contribution in [0.2, 0.25) is 0 Å². The predicted molar refractivity (Wildman–Crippen MR) is 31.9 cm³/mol. The number of hydrogen-bond donors (Lipinski definition) is 0. The van der Waals surface area contributed by atoms with E-state index in [2.05, 4.69) is 9.78 Å². The molecular weight excluding hydrogens is 192 g/mol. The van der Waals surface area contributed by atoms with Crippen LogP contribution in [0.4, 0.5) is 17.6 Å². The summed E-state index contributed by atoms with van der Waals surface area (Å²) in [6.07, 6.45) is -2.22. The first-order valence-electron chi connectivity index (χ1n) is 3.26. The minimum absolute atomic E-state index is 0.483. The lowest BCUT2D eigenvalue weighted by Gasteiger charge is -1.99. The molecule has 1 atom stereocenters. The molecule has 1 aromatic rings. The highest BCUT2D eigenvalue weighted by Crippen LogP contribution is 2.39. The number of halogens is 4.